The number of carbonyl (C=O) groups excluding carboxylic acids is 1. The quantitative estimate of drug-likeness (QED) is 0.946. The smallest absolute Gasteiger partial charge is 0.219 e. The van der Waals surface area contributed by atoms with E-state index >= 15 is 0 Å². The average Bonchev–Trinajstić information content (AvgIpc) is 2.55. The van der Waals surface area contributed by atoms with Crippen LogP contribution in [0, 0.1) is 0 Å². The highest BCUT2D eigenvalue weighted by molar-refractivity contribution is 5.90. The van der Waals surface area contributed by atoms with Crippen LogP contribution in [0.4, 0.5) is 5.69 Å². The molecular weight excluding hydrogens is 278 g/mol. The Balaban J connectivity index is 1.78. The minimum absolute atomic E-state index is 0.162. The molecule has 1 N–H and O–H groups in total. The molecule has 1 aliphatic rings. The van der Waals surface area contributed by atoms with Gasteiger partial charge >= 0.3 is 0 Å². The van der Waals surface area contributed by atoms with Gasteiger partial charge < -0.3 is 15.0 Å². The average molecular weight is 299 g/mol. The van der Waals surface area contributed by atoms with Gasteiger partial charge in [0.15, 0.2) is 0 Å². The van der Waals surface area contributed by atoms with Gasteiger partial charge in [-0.1, -0.05) is 12.1 Å². The summed E-state index contributed by atoms with van der Waals surface area (Å²) in [4.78, 5) is 17.8. The van der Waals surface area contributed by atoms with Crippen molar-refractivity contribution in [2.75, 3.05) is 25.5 Å². The van der Waals surface area contributed by atoms with Gasteiger partial charge in [-0.2, -0.15) is 0 Å². The fourth-order valence-electron chi connectivity index (χ4n) is 2.92. The fourth-order valence-corrected chi connectivity index (χ4v) is 2.92. The summed E-state index contributed by atoms with van der Waals surface area (Å²) in [5.74, 6) is 0.781. The Bertz CT molecular complexity index is 679. The number of likely N-dealkylation sites (tertiary alicyclic amines) is 1. The molecule has 3 rings (SSSR count). The van der Waals surface area contributed by atoms with E-state index in [0.717, 1.165) is 42.5 Å². The highest BCUT2D eigenvalue weighted by Crippen LogP contribution is 2.26. The zero-order valence-corrected chi connectivity index (χ0v) is 13.0. The first-order valence-corrected chi connectivity index (χ1v) is 7.63. The highest BCUT2D eigenvalue weighted by Gasteiger charge is 2.21. The SMILES string of the molecule is COc1ccc2cccc(NC3CCN(C(C)=O)CC3)c2n1. The van der Waals surface area contributed by atoms with Crippen LogP contribution in [-0.4, -0.2) is 42.0 Å². The molecule has 0 unspecified atom stereocenters. The Morgan fingerprint density at radius 2 is 2.05 bits per heavy atom. The van der Waals surface area contributed by atoms with Crippen molar-refractivity contribution in [1.82, 2.24) is 9.88 Å². The van der Waals surface area contributed by atoms with Gasteiger partial charge in [0, 0.05) is 37.5 Å². The van der Waals surface area contributed by atoms with Crippen molar-refractivity contribution in [3.05, 3.63) is 30.3 Å². The molecule has 1 saturated heterocycles. The van der Waals surface area contributed by atoms with Crippen molar-refractivity contribution in [3.8, 4) is 5.88 Å². The van der Waals surface area contributed by atoms with Crippen LogP contribution in [0.1, 0.15) is 19.8 Å². The van der Waals surface area contributed by atoms with Gasteiger partial charge in [-0.15, -0.1) is 0 Å². The molecule has 22 heavy (non-hydrogen) atoms. The van der Waals surface area contributed by atoms with Gasteiger partial charge in [0.05, 0.1) is 18.3 Å². The number of nitrogens with zero attached hydrogens (tertiary/aromatic N) is 2. The zero-order chi connectivity index (χ0) is 15.5. The van der Waals surface area contributed by atoms with E-state index in [1.165, 1.54) is 0 Å². The van der Waals surface area contributed by atoms with Crippen LogP contribution in [-0.2, 0) is 4.79 Å². The lowest BCUT2D eigenvalue weighted by atomic mass is 10.0. The van der Waals surface area contributed by atoms with Gasteiger partial charge in [-0.3, -0.25) is 4.79 Å². The van der Waals surface area contributed by atoms with Gasteiger partial charge in [0.1, 0.15) is 0 Å². The van der Waals surface area contributed by atoms with Crippen LogP contribution >= 0.6 is 0 Å². The number of amides is 1. The number of anilines is 1. The van der Waals surface area contributed by atoms with Crippen molar-refractivity contribution < 1.29 is 9.53 Å². The number of carbonyl (C=O) groups is 1. The molecule has 116 valence electrons. The van der Waals surface area contributed by atoms with Crippen LogP contribution in [0.25, 0.3) is 10.9 Å². The number of para-hydroxylation sites is 1. The second-order valence-corrected chi connectivity index (χ2v) is 5.66. The lowest BCUT2D eigenvalue weighted by Gasteiger charge is -2.32. The van der Waals surface area contributed by atoms with Crippen molar-refractivity contribution in [2.45, 2.75) is 25.8 Å². The van der Waals surface area contributed by atoms with E-state index in [2.05, 4.69) is 10.3 Å². The van der Waals surface area contributed by atoms with Crippen LogP contribution in [0.15, 0.2) is 30.3 Å². The number of benzene rings is 1. The molecular formula is C17H21N3O2. The molecule has 0 atom stereocenters. The number of aromatic nitrogens is 1. The zero-order valence-electron chi connectivity index (χ0n) is 13.0. The lowest BCUT2D eigenvalue weighted by molar-refractivity contribution is -0.129. The maximum absolute atomic E-state index is 11.4. The Hall–Kier alpha value is -2.30. The number of nitrogens with one attached hydrogen (secondary N) is 1. The number of rotatable bonds is 3. The highest BCUT2D eigenvalue weighted by atomic mass is 16.5. The number of hydrogen-bond acceptors (Lipinski definition) is 4. The number of ether oxygens (including phenoxy) is 1. The maximum atomic E-state index is 11.4. The first-order valence-electron chi connectivity index (χ1n) is 7.63. The van der Waals surface area contributed by atoms with Gasteiger partial charge in [-0.05, 0) is 25.0 Å². The number of fused-ring (bicyclic) bond motifs is 1. The second-order valence-electron chi connectivity index (χ2n) is 5.66. The molecule has 1 aliphatic heterocycles. The molecule has 0 radical (unpaired) electrons. The topological polar surface area (TPSA) is 54.5 Å². The molecule has 2 aromatic rings. The Kier molecular flexibility index (Phi) is 4.13. The molecule has 0 saturated carbocycles. The summed E-state index contributed by atoms with van der Waals surface area (Å²) in [7, 11) is 1.63. The molecule has 2 heterocycles. The van der Waals surface area contributed by atoms with Crippen molar-refractivity contribution in [3.63, 3.8) is 0 Å². The number of piperidine rings is 1. The Morgan fingerprint density at radius 3 is 2.73 bits per heavy atom. The number of pyridine rings is 1. The molecule has 5 nitrogen and oxygen atoms in total. The number of hydrogen-bond donors (Lipinski definition) is 1. The van der Waals surface area contributed by atoms with Crippen molar-refractivity contribution in [1.29, 1.82) is 0 Å². The van der Waals surface area contributed by atoms with Crippen molar-refractivity contribution >= 4 is 22.5 Å². The molecule has 0 spiro atoms. The van der Waals surface area contributed by atoms with E-state index in [9.17, 15) is 4.79 Å². The van der Waals surface area contributed by atoms with E-state index in [1.807, 2.05) is 35.2 Å². The minimum Gasteiger partial charge on any atom is -0.481 e. The summed E-state index contributed by atoms with van der Waals surface area (Å²) >= 11 is 0. The van der Waals surface area contributed by atoms with Crippen LogP contribution < -0.4 is 10.1 Å². The monoisotopic (exact) mass is 299 g/mol. The van der Waals surface area contributed by atoms with Crippen LogP contribution in [0.5, 0.6) is 5.88 Å². The van der Waals surface area contributed by atoms with E-state index < -0.39 is 0 Å². The normalized spacial score (nSPS) is 15.8. The summed E-state index contributed by atoms with van der Waals surface area (Å²) < 4.78 is 5.22. The third kappa shape index (κ3) is 2.98. The molecule has 0 bridgehead atoms. The van der Waals surface area contributed by atoms with Gasteiger partial charge in [0.2, 0.25) is 11.8 Å². The lowest BCUT2D eigenvalue weighted by Crippen LogP contribution is -2.41. The minimum atomic E-state index is 0.162. The first kappa shape index (κ1) is 14.6. The maximum Gasteiger partial charge on any atom is 0.219 e. The van der Waals surface area contributed by atoms with E-state index in [4.69, 9.17) is 4.74 Å². The summed E-state index contributed by atoms with van der Waals surface area (Å²) in [5, 5.41) is 4.67. The molecule has 1 aromatic heterocycles. The predicted octanol–water partition coefficient (Wildman–Crippen LogP) is 2.67. The third-order valence-corrected chi connectivity index (χ3v) is 4.20. The summed E-state index contributed by atoms with van der Waals surface area (Å²) in [5.41, 5.74) is 1.95. The van der Waals surface area contributed by atoms with Crippen molar-refractivity contribution in [2.24, 2.45) is 0 Å². The Morgan fingerprint density at radius 1 is 1.27 bits per heavy atom. The summed E-state index contributed by atoms with van der Waals surface area (Å²) in [6, 6.07) is 10.4. The Labute approximate surface area is 130 Å². The van der Waals surface area contributed by atoms with E-state index in [1.54, 1.807) is 14.0 Å². The van der Waals surface area contributed by atoms with Crippen LogP contribution in [0.2, 0.25) is 0 Å². The third-order valence-electron chi connectivity index (χ3n) is 4.20. The first-order chi connectivity index (χ1) is 10.7. The van der Waals surface area contributed by atoms with E-state index in [0.29, 0.717) is 11.9 Å². The predicted molar refractivity (Wildman–Crippen MR) is 87.2 cm³/mol. The second kappa shape index (κ2) is 6.22. The summed E-state index contributed by atoms with van der Waals surface area (Å²) in [6.45, 7) is 3.26. The fraction of sp³-hybridized carbons (Fsp3) is 0.412. The molecule has 1 amide bonds. The number of methoxy groups -OCH3 is 1. The molecule has 5 heteroatoms. The standard InChI is InChI=1S/C17H21N3O2/c1-12(21)20-10-8-14(9-11-20)18-15-5-3-4-13-6-7-16(22-2)19-17(13)15/h3-7,14,18H,8-11H2,1-2H3. The van der Waals surface area contributed by atoms with Gasteiger partial charge in [-0.25, -0.2) is 4.98 Å². The van der Waals surface area contributed by atoms with Crippen LogP contribution in [0.3, 0.4) is 0 Å². The molecule has 1 fully saturated rings. The molecule has 1 aromatic carbocycles. The summed E-state index contributed by atoms with van der Waals surface area (Å²) in [6.07, 6.45) is 1.92. The van der Waals surface area contributed by atoms with E-state index in [-0.39, 0.29) is 5.91 Å². The molecule has 0 aliphatic carbocycles. The largest absolute Gasteiger partial charge is 0.481 e. The van der Waals surface area contributed by atoms with Gasteiger partial charge in [0.25, 0.3) is 0 Å².